The zero-order valence-corrected chi connectivity index (χ0v) is 17.5. The molecule has 0 saturated heterocycles. The Morgan fingerprint density at radius 3 is 2.47 bits per heavy atom. The molecule has 0 atom stereocenters. The fourth-order valence-corrected chi connectivity index (χ4v) is 3.41. The number of fused-ring (bicyclic) bond motifs is 1. The number of hydrogen-bond donors (Lipinski definition) is 2. The van der Waals surface area contributed by atoms with Crippen LogP contribution in [0.4, 0.5) is 11.8 Å². The molecule has 1 aromatic heterocycles. The van der Waals surface area contributed by atoms with E-state index >= 15 is 0 Å². The summed E-state index contributed by atoms with van der Waals surface area (Å²) in [6.45, 7) is 1.33. The molecule has 0 aliphatic heterocycles. The maximum Gasteiger partial charge on any atom is 0.225 e. The quantitative estimate of drug-likeness (QED) is 0.392. The van der Waals surface area contributed by atoms with Crippen molar-refractivity contribution in [1.29, 1.82) is 0 Å². The Morgan fingerprint density at radius 2 is 1.63 bits per heavy atom. The van der Waals surface area contributed by atoms with E-state index in [1.54, 1.807) is 7.11 Å². The van der Waals surface area contributed by atoms with E-state index in [2.05, 4.69) is 15.6 Å². The van der Waals surface area contributed by atoms with Crippen LogP contribution in [-0.4, -0.2) is 23.6 Å². The molecule has 0 unspecified atom stereocenters. The van der Waals surface area contributed by atoms with Crippen LogP contribution in [-0.2, 0) is 13.0 Å². The van der Waals surface area contributed by atoms with Crippen LogP contribution >= 0.6 is 11.6 Å². The van der Waals surface area contributed by atoms with Crippen molar-refractivity contribution < 1.29 is 4.74 Å². The number of methoxy groups -OCH3 is 1. The lowest BCUT2D eigenvalue weighted by Crippen LogP contribution is -2.10. The van der Waals surface area contributed by atoms with Crippen LogP contribution in [0.5, 0.6) is 5.75 Å². The summed E-state index contributed by atoms with van der Waals surface area (Å²) in [5, 5.41) is 8.52. The Labute approximate surface area is 181 Å². The zero-order chi connectivity index (χ0) is 20.8. The number of para-hydroxylation sites is 2. The fraction of sp³-hybridized carbons (Fsp3) is 0.167. The first-order chi connectivity index (χ1) is 14.7. The van der Waals surface area contributed by atoms with Gasteiger partial charge in [-0.05, 0) is 42.3 Å². The summed E-state index contributed by atoms with van der Waals surface area (Å²) in [7, 11) is 1.68. The molecule has 6 heteroatoms. The molecule has 4 aromatic rings. The molecular weight excluding hydrogens is 396 g/mol. The van der Waals surface area contributed by atoms with Crippen molar-refractivity contribution in [2.75, 3.05) is 24.3 Å². The zero-order valence-electron chi connectivity index (χ0n) is 16.7. The van der Waals surface area contributed by atoms with Crippen LogP contribution in [0.1, 0.15) is 11.1 Å². The molecule has 0 radical (unpaired) electrons. The van der Waals surface area contributed by atoms with Crippen LogP contribution in [0.15, 0.2) is 72.8 Å². The minimum atomic E-state index is 0.602. The average molecular weight is 419 g/mol. The van der Waals surface area contributed by atoms with Gasteiger partial charge in [0.25, 0.3) is 0 Å². The molecule has 0 fully saturated rings. The lowest BCUT2D eigenvalue weighted by atomic mass is 10.1. The molecule has 0 aliphatic carbocycles. The molecule has 3 aromatic carbocycles. The van der Waals surface area contributed by atoms with E-state index in [0.29, 0.717) is 12.5 Å². The minimum absolute atomic E-state index is 0.602. The second-order valence-electron chi connectivity index (χ2n) is 6.88. The second-order valence-corrected chi connectivity index (χ2v) is 7.32. The van der Waals surface area contributed by atoms with Crippen LogP contribution in [0.25, 0.3) is 10.9 Å². The van der Waals surface area contributed by atoms with Gasteiger partial charge in [0, 0.05) is 29.1 Å². The van der Waals surface area contributed by atoms with Gasteiger partial charge in [0.05, 0.1) is 12.6 Å². The molecule has 0 spiro atoms. The highest BCUT2D eigenvalue weighted by Crippen LogP contribution is 2.24. The highest BCUT2D eigenvalue weighted by atomic mass is 35.5. The number of anilines is 2. The van der Waals surface area contributed by atoms with Gasteiger partial charge in [-0.1, -0.05) is 54.1 Å². The van der Waals surface area contributed by atoms with E-state index in [4.69, 9.17) is 21.3 Å². The molecule has 0 saturated carbocycles. The highest BCUT2D eigenvalue weighted by molar-refractivity contribution is 6.30. The minimum Gasteiger partial charge on any atom is -0.496 e. The van der Waals surface area contributed by atoms with Gasteiger partial charge in [-0.25, -0.2) is 4.98 Å². The number of aromatic nitrogens is 2. The molecule has 152 valence electrons. The van der Waals surface area contributed by atoms with Crippen molar-refractivity contribution in [2.24, 2.45) is 0 Å². The second kappa shape index (κ2) is 9.46. The molecule has 5 nitrogen and oxygen atoms in total. The Bertz CT molecular complexity index is 1130. The smallest absolute Gasteiger partial charge is 0.225 e. The fourth-order valence-electron chi connectivity index (χ4n) is 3.29. The lowest BCUT2D eigenvalue weighted by Gasteiger charge is -2.13. The third-order valence-corrected chi connectivity index (χ3v) is 5.10. The topological polar surface area (TPSA) is 59.1 Å². The normalized spacial score (nSPS) is 10.7. The summed E-state index contributed by atoms with van der Waals surface area (Å²) >= 11 is 5.96. The van der Waals surface area contributed by atoms with E-state index in [-0.39, 0.29) is 0 Å². The van der Waals surface area contributed by atoms with Crippen LogP contribution in [0, 0.1) is 0 Å². The first-order valence-electron chi connectivity index (χ1n) is 9.84. The summed E-state index contributed by atoms with van der Waals surface area (Å²) in [5.41, 5.74) is 3.17. The average Bonchev–Trinajstić information content (AvgIpc) is 2.79. The van der Waals surface area contributed by atoms with E-state index in [0.717, 1.165) is 46.0 Å². The molecule has 0 aliphatic rings. The molecular formula is C24H23ClN4O. The van der Waals surface area contributed by atoms with Crippen molar-refractivity contribution >= 4 is 34.3 Å². The third kappa shape index (κ3) is 4.81. The number of nitrogens with zero attached hydrogens (tertiary/aromatic N) is 2. The monoisotopic (exact) mass is 418 g/mol. The predicted molar refractivity (Wildman–Crippen MR) is 124 cm³/mol. The van der Waals surface area contributed by atoms with Crippen molar-refractivity contribution in [1.82, 2.24) is 9.97 Å². The Kier molecular flexibility index (Phi) is 6.30. The standard InChI is InChI=1S/C24H23ClN4O/c1-30-22-9-5-2-6-18(22)16-27-23-20-7-3-4-8-21(20)28-24(29-23)26-15-14-17-10-12-19(25)13-11-17/h2-13H,14-16H2,1H3,(H2,26,27,28,29). The number of rotatable bonds is 8. The largest absolute Gasteiger partial charge is 0.496 e. The number of nitrogens with one attached hydrogen (secondary N) is 2. The van der Waals surface area contributed by atoms with E-state index < -0.39 is 0 Å². The number of ether oxygens (including phenoxy) is 1. The molecule has 0 amide bonds. The van der Waals surface area contributed by atoms with E-state index in [1.807, 2.05) is 72.8 Å². The van der Waals surface area contributed by atoms with Gasteiger partial charge < -0.3 is 15.4 Å². The summed E-state index contributed by atoms with van der Waals surface area (Å²) in [5.74, 6) is 2.25. The molecule has 0 bridgehead atoms. The molecule has 1 heterocycles. The van der Waals surface area contributed by atoms with E-state index in [9.17, 15) is 0 Å². The first kappa shape index (κ1) is 20.0. The van der Waals surface area contributed by atoms with Crippen molar-refractivity contribution in [3.8, 4) is 5.75 Å². The van der Waals surface area contributed by atoms with Gasteiger partial charge in [-0.15, -0.1) is 0 Å². The lowest BCUT2D eigenvalue weighted by molar-refractivity contribution is 0.410. The highest BCUT2D eigenvalue weighted by Gasteiger charge is 2.09. The van der Waals surface area contributed by atoms with Gasteiger partial charge >= 0.3 is 0 Å². The maximum atomic E-state index is 5.96. The van der Waals surface area contributed by atoms with Gasteiger partial charge in [0.2, 0.25) is 5.95 Å². The summed E-state index contributed by atoms with van der Waals surface area (Å²) < 4.78 is 5.45. The molecule has 30 heavy (non-hydrogen) atoms. The summed E-state index contributed by atoms with van der Waals surface area (Å²) in [6.07, 6.45) is 0.858. The maximum absolute atomic E-state index is 5.96. The summed E-state index contributed by atoms with van der Waals surface area (Å²) in [6, 6.07) is 23.8. The van der Waals surface area contributed by atoms with Gasteiger partial charge in [0.15, 0.2) is 0 Å². The van der Waals surface area contributed by atoms with Crippen LogP contribution in [0.3, 0.4) is 0 Å². The Balaban J connectivity index is 1.51. The Morgan fingerprint density at radius 1 is 0.867 bits per heavy atom. The third-order valence-electron chi connectivity index (χ3n) is 4.85. The van der Waals surface area contributed by atoms with Gasteiger partial charge in [0.1, 0.15) is 11.6 Å². The number of hydrogen-bond acceptors (Lipinski definition) is 5. The SMILES string of the molecule is COc1ccccc1CNc1nc(NCCc2ccc(Cl)cc2)nc2ccccc12. The van der Waals surface area contributed by atoms with Crippen molar-refractivity contribution in [3.05, 3.63) is 88.9 Å². The number of halogens is 1. The van der Waals surface area contributed by atoms with Gasteiger partial charge in [-0.3, -0.25) is 0 Å². The van der Waals surface area contributed by atoms with E-state index in [1.165, 1.54) is 5.56 Å². The first-order valence-corrected chi connectivity index (χ1v) is 10.2. The van der Waals surface area contributed by atoms with Crippen LogP contribution in [0.2, 0.25) is 5.02 Å². The predicted octanol–water partition coefficient (Wildman–Crippen LogP) is 5.56. The number of benzene rings is 3. The molecule has 4 rings (SSSR count). The summed E-state index contributed by atoms with van der Waals surface area (Å²) in [4.78, 5) is 9.38. The van der Waals surface area contributed by atoms with Crippen LogP contribution < -0.4 is 15.4 Å². The van der Waals surface area contributed by atoms with Crippen molar-refractivity contribution in [2.45, 2.75) is 13.0 Å². The van der Waals surface area contributed by atoms with Gasteiger partial charge in [-0.2, -0.15) is 4.98 Å². The van der Waals surface area contributed by atoms with Crippen molar-refractivity contribution in [3.63, 3.8) is 0 Å². The molecule has 2 N–H and O–H groups in total. The Hall–Kier alpha value is -3.31.